The molecule has 0 radical (unpaired) electrons. The number of nitrogens with one attached hydrogen (secondary N) is 2. The van der Waals surface area contributed by atoms with Crippen LogP contribution in [0.15, 0.2) is 36.8 Å². The number of aromatic nitrogens is 2. The summed E-state index contributed by atoms with van der Waals surface area (Å²) in [5, 5.41) is 17.1. The Labute approximate surface area is 236 Å². The third kappa shape index (κ3) is 7.09. The number of thiocarbonyl (C=S) groups is 1. The second-order valence-electron chi connectivity index (χ2n) is 10.9. The molecule has 1 amide bonds. The summed E-state index contributed by atoms with van der Waals surface area (Å²) in [6.45, 7) is 1.51. The highest BCUT2D eigenvalue weighted by atomic mass is 32.1. The van der Waals surface area contributed by atoms with Gasteiger partial charge in [0.25, 0.3) is 0 Å². The Balaban J connectivity index is 1.41. The van der Waals surface area contributed by atoms with E-state index in [2.05, 4.69) is 15.6 Å². The minimum atomic E-state index is -0.723. The van der Waals surface area contributed by atoms with Crippen molar-refractivity contribution < 1.29 is 19.4 Å². The van der Waals surface area contributed by atoms with Crippen molar-refractivity contribution in [1.29, 1.82) is 0 Å². The summed E-state index contributed by atoms with van der Waals surface area (Å²) in [7, 11) is 3.58. The maximum absolute atomic E-state index is 13.8. The van der Waals surface area contributed by atoms with E-state index in [1.807, 2.05) is 47.0 Å². The molecule has 1 aliphatic heterocycles. The number of ether oxygens (including phenoxy) is 1. The van der Waals surface area contributed by atoms with Gasteiger partial charge in [0.15, 0.2) is 5.11 Å². The number of hydrogen-bond acceptors (Lipinski definition) is 5. The molecular formula is C29H41N5O4S. The van der Waals surface area contributed by atoms with Gasteiger partial charge in [0, 0.05) is 51.4 Å². The lowest BCUT2D eigenvalue weighted by Gasteiger charge is -2.45. The second kappa shape index (κ2) is 13.3. The van der Waals surface area contributed by atoms with Crippen molar-refractivity contribution in [2.45, 2.75) is 63.8 Å². The number of imidazole rings is 1. The molecule has 1 atom stereocenters. The van der Waals surface area contributed by atoms with Gasteiger partial charge in [-0.2, -0.15) is 0 Å². The van der Waals surface area contributed by atoms with Gasteiger partial charge in [-0.15, -0.1) is 0 Å². The van der Waals surface area contributed by atoms with E-state index < -0.39 is 17.4 Å². The number of carbonyl (C=O) groups is 2. The Hall–Kier alpha value is -3.14. The van der Waals surface area contributed by atoms with Gasteiger partial charge in [0.05, 0.1) is 18.9 Å². The van der Waals surface area contributed by atoms with Crippen molar-refractivity contribution in [3.05, 3.63) is 48.0 Å². The zero-order chi connectivity index (χ0) is 27.8. The first-order valence-corrected chi connectivity index (χ1v) is 14.4. The van der Waals surface area contributed by atoms with Crippen molar-refractivity contribution in [2.75, 3.05) is 26.7 Å². The molecule has 10 heteroatoms. The SMILES string of the molecule is COc1ccc(CC(NC(=S)NCCc2cncn2C)C(=O)N2CCC(C(=O)O)(C3CCCCC3)CC2)cc1. The summed E-state index contributed by atoms with van der Waals surface area (Å²) in [5.74, 6) is 0.202. The van der Waals surface area contributed by atoms with Crippen molar-refractivity contribution >= 4 is 29.2 Å². The van der Waals surface area contributed by atoms with Crippen LogP contribution < -0.4 is 15.4 Å². The van der Waals surface area contributed by atoms with Gasteiger partial charge < -0.3 is 29.9 Å². The summed E-state index contributed by atoms with van der Waals surface area (Å²) in [6.07, 6.45) is 11.1. The van der Waals surface area contributed by atoms with Crippen molar-refractivity contribution in [2.24, 2.45) is 18.4 Å². The third-order valence-electron chi connectivity index (χ3n) is 8.57. The molecule has 0 spiro atoms. The highest BCUT2D eigenvalue weighted by Gasteiger charge is 2.48. The lowest BCUT2D eigenvalue weighted by atomic mass is 9.64. The van der Waals surface area contributed by atoms with Crippen molar-refractivity contribution in [3.8, 4) is 5.75 Å². The summed E-state index contributed by atoms with van der Waals surface area (Å²) in [5.41, 5.74) is 1.35. The van der Waals surface area contributed by atoms with E-state index in [0.29, 0.717) is 44.0 Å². The topological polar surface area (TPSA) is 109 Å². The van der Waals surface area contributed by atoms with E-state index in [9.17, 15) is 14.7 Å². The number of benzene rings is 1. The smallest absolute Gasteiger partial charge is 0.310 e. The first kappa shape index (κ1) is 28.9. The number of aryl methyl sites for hydroxylation is 1. The first-order chi connectivity index (χ1) is 18.8. The van der Waals surface area contributed by atoms with Crippen LogP contribution in [0.3, 0.4) is 0 Å². The number of hydrogen-bond donors (Lipinski definition) is 3. The molecule has 0 bridgehead atoms. The first-order valence-electron chi connectivity index (χ1n) is 14.0. The van der Waals surface area contributed by atoms with Crippen LogP contribution in [0, 0.1) is 11.3 Å². The summed E-state index contributed by atoms with van der Waals surface area (Å²) in [4.78, 5) is 32.3. The van der Waals surface area contributed by atoms with Crippen molar-refractivity contribution in [3.63, 3.8) is 0 Å². The quantitative estimate of drug-likeness (QED) is 0.383. The van der Waals surface area contributed by atoms with E-state index >= 15 is 0 Å². The van der Waals surface area contributed by atoms with E-state index in [1.54, 1.807) is 13.4 Å². The minimum Gasteiger partial charge on any atom is -0.497 e. The zero-order valence-electron chi connectivity index (χ0n) is 23.0. The molecule has 1 saturated carbocycles. The molecule has 2 aliphatic rings. The Bertz CT molecular complexity index is 1120. The monoisotopic (exact) mass is 555 g/mol. The summed E-state index contributed by atoms with van der Waals surface area (Å²) < 4.78 is 7.24. The number of amides is 1. The molecule has 4 rings (SSSR count). The highest BCUT2D eigenvalue weighted by molar-refractivity contribution is 7.80. The third-order valence-corrected chi connectivity index (χ3v) is 8.83. The van der Waals surface area contributed by atoms with Crippen LogP contribution >= 0.6 is 12.2 Å². The number of likely N-dealkylation sites (tertiary alicyclic amines) is 1. The summed E-state index contributed by atoms with van der Waals surface area (Å²) in [6, 6.07) is 7.10. The van der Waals surface area contributed by atoms with Gasteiger partial charge in [0.2, 0.25) is 5.91 Å². The lowest BCUT2D eigenvalue weighted by molar-refractivity contribution is -0.160. The van der Waals surface area contributed by atoms with E-state index in [1.165, 1.54) is 6.42 Å². The molecule has 2 fully saturated rings. The van der Waals surface area contributed by atoms with Crippen LogP contribution in [-0.2, 0) is 29.5 Å². The number of methoxy groups -OCH3 is 1. The summed E-state index contributed by atoms with van der Waals surface area (Å²) >= 11 is 5.58. The molecule has 1 aliphatic carbocycles. The molecule has 9 nitrogen and oxygen atoms in total. The van der Waals surface area contributed by atoms with E-state index in [4.69, 9.17) is 17.0 Å². The molecule has 1 unspecified atom stereocenters. The van der Waals surface area contributed by atoms with Crippen molar-refractivity contribution in [1.82, 2.24) is 25.1 Å². The van der Waals surface area contributed by atoms with Gasteiger partial charge >= 0.3 is 5.97 Å². The molecule has 39 heavy (non-hydrogen) atoms. The minimum absolute atomic E-state index is 0.0516. The van der Waals surface area contributed by atoms with Crippen LogP contribution in [0.2, 0.25) is 0 Å². The molecule has 212 valence electrons. The Morgan fingerprint density at radius 1 is 1.18 bits per heavy atom. The average molecular weight is 556 g/mol. The molecular weight excluding hydrogens is 514 g/mol. The Morgan fingerprint density at radius 3 is 2.46 bits per heavy atom. The lowest BCUT2D eigenvalue weighted by Crippen LogP contribution is -2.56. The van der Waals surface area contributed by atoms with Gasteiger partial charge in [-0.05, 0) is 61.5 Å². The standard InChI is InChI=1S/C29H41N5O4S/c1-33-20-30-19-23(33)12-15-31-28(39)32-25(18-21-8-10-24(38-2)11-9-21)26(35)34-16-13-29(14-17-34,27(36)37)22-6-4-3-5-7-22/h8-11,19-20,22,25H,3-7,12-18H2,1-2H3,(H,36,37)(H2,31,32,39). The maximum Gasteiger partial charge on any atom is 0.310 e. The maximum atomic E-state index is 13.8. The van der Waals surface area contributed by atoms with Crippen LogP contribution in [0.5, 0.6) is 5.75 Å². The molecule has 1 aromatic carbocycles. The number of nitrogens with zero attached hydrogens (tertiary/aromatic N) is 3. The van der Waals surface area contributed by atoms with Crippen LogP contribution in [0.1, 0.15) is 56.2 Å². The normalized spacial score (nSPS) is 18.3. The van der Waals surface area contributed by atoms with Crippen LogP contribution in [0.25, 0.3) is 0 Å². The molecule has 2 aromatic rings. The van der Waals surface area contributed by atoms with Gasteiger partial charge in [0.1, 0.15) is 11.8 Å². The number of carboxylic acids is 1. The number of carboxylic acid groups (broad SMARTS) is 1. The molecule has 2 heterocycles. The van der Waals surface area contributed by atoms with E-state index in [0.717, 1.165) is 49.1 Å². The van der Waals surface area contributed by atoms with E-state index in [-0.39, 0.29) is 11.8 Å². The van der Waals surface area contributed by atoms with Crippen LogP contribution in [0.4, 0.5) is 0 Å². The second-order valence-corrected chi connectivity index (χ2v) is 11.3. The number of rotatable bonds is 10. The van der Waals surface area contributed by atoms with Gasteiger partial charge in [-0.3, -0.25) is 9.59 Å². The fourth-order valence-electron chi connectivity index (χ4n) is 6.13. The zero-order valence-corrected chi connectivity index (χ0v) is 23.8. The predicted molar refractivity (Wildman–Crippen MR) is 154 cm³/mol. The Kier molecular flexibility index (Phi) is 9.83. The Morgan fingerprint density at radius 2 is 1.87 bits per heavy atom. The largest absolute Gasteiger partial charge is 0.497 e. The van der Waals surface area contributed by atoms with Gasteiger partial charge in [-0.1, -0.05) is 31.4 Å². The predicted octanol–water partition coefficient (Wildman–Crippen LogP) is 3.32. The average Bonchev–Trinajstić information content (AvgIpc) is 3.37. The fourth-order valence-corrected chi connectivity index (χ4v) is 6.38. The molecule has 1 saturated heterocycles. The fraction of sp³-hybridized carbons (Fsp3) is 0.586. The van der Waals surface area contributed by atoms with Crippen LogP contribution in [-0.4, -0.2) is 69.3 Å². The highest BCUT2D eigenvalue weighted by Crippen LogP contribution is 2.46. The number of piperidine rings is 1. The molecule has 3 N–H and O–H groups in total. The number of carbonyl (C=O) groups excluding carboxylic acids is 1. The number of aliphatic carboxylic acids is 1. The van der Waals surface area contributed by atoms with Gasteiger partial charge in [-0.25, -0.2) is 4.98 Å². The molecule has 1 aromatic heterocycles.